The number of nitrogens with two attached hydrogens (primary N) is 1. The van der Waals surface area contributed by atoms with Gasteiger partial charge < -0.3 is 10.5 Å². The molecule has 2 unspecified atom stereocenters. The number of rotatable bonds is 6. The van der Waals surface area contributed by atoms with Gasteiger partial charge in [0.15, 0.2) is 0 Å². The third kappa shape index (κ3) is 7.28. The van der Waals surface area contributed by atoms with Gasteiger partial charge in [0.2, 0.25) is 0 Å². The van der Waals surface area contributed by atoms with E-state index in [-0.39, 0.29) is 24.2 Å². The fraction of sp³-hybridized carbons (Fsp3) is 1.00. The van der Waals surface area contributed by atoms with Crippen molar-refractivity contribution in [3.63, 3.8) is 0 Å². The van der Waals surface area contributed by atoms with Crippen LogP contribution in [0.1, 0.15) is 6.92 Å². The van der Waals surface area contributed by atoms with E-state index in [0.29, 0.717) is 0 Å². The predicted octanol–water partition coefficient (Wildman–Crippen LogP) is 0.661. The minimum Gasteiger partial charge on any atom is -0.371 e. The van der Waals surface area contributed by atoms with Gasteiger partial charge in [0.05, 0.1) is 6.61 Å². The zero-order valence-electron chi connectivity index (χ0n) is 7.84. The molecule has 0 heterocycles. The van der Waals surface area contributed by atoms with Crippen molar-refractivity contribution >= 4 is 10.8 Å². The molecule has 0 aliphatic heterocycles. The molecule has 0 saturated carbocycles. The van der Waals surface area contributed by atoms with Crippen molar-refractivity contribution in [1.29, 1.82) is 0 Å². The van der Waals surface area contributed by atoms with Gasteiger partial charge in [0.1, 0.15) is 6.61 Å². The van der Waals surface area contributed by atoms with Gasteiger partial charge in [-0.15, -0.1) is 0 Å². The second-order valence-electron chi connectivity index (χ2n) is 2.80. The molecule has 2 N–H and O–H groups in total. The third-order valence-corrected chi connectivity index (χ3v) is 3.13. The molecule has 3 nitrogen and oxygen atoms in total. The first-order valence-electron chi connectivity index (χ1n) is 4.08. The number of halogens is 3. The van der Waals surface area contributed by atoms with Gasteiger partial charge in [-0.2, -0.15) is 13.2 Å². The molecular formula is C7H14F3NO2S. The SMILES string of the molecule is CC(CN)S(=O)CCOCC(F)(F)F. The van der Waals surface area contributed by atoms with E-state index >= 15 is 0 Å². The van der Waals surface area contributed by atoms with Crippen LogP contribution in [-0.4, -0.2) is 41.1 Å². The Hall–Kier alpha value is -0.140. The summed E-state index contributed by atoms with van der Waals surface area (Å²) in [5, 5.41) is -0.204. The molecule has 0 aromatic rings. The van der Waals surface area contributed by atoms with E-state index in [1.807, 2.05) is 0 Å². The van der Waals surface area contributed by atoms with Crippen LogP contribution in [0.4, 0.5) is 13.2 Å². The van der Waals surface area contributed by atoms with Gasteiger partial charge in [-0.25, -0.2) is 0 Å². The topological polar surface area (TPSA) is 52.3 Å². The van der Waals surface area contributed by atoms with Crippen LogP contribution in [-0.2, 0) is 15.5 Å². The Balaban J connectivity index is 3.51. The minimum atomic E-state index is -4.32. The normalized spacial score (nSPS) is 16.6. The van der Waals surface area contributed by atoms with E-state index in [2.05, 4.69) is 4.74 Å². The fourth-order valence-electron chi connectivity index (χ4n) is 0.637. The first kappa shape index (κ1) is 13.9. The highest BCUT2D eigenvalue weighted by molar-refractivity contribution is 7.85. The molecule has 0 fully saturated rings. The summed E-state index contributed by atoms with van der Waals surface area (Å²) in [6.45, 7) is 0.490. The van der Waals surface area contributed by atoms with Crippen LogP contribution in [0.3, 0.4) is 0 Å². The van der Waals surface area contributed by atoms with Crippen LogP contribution < -0.4 is 5.73 Å². The van der Waals surface area contributed by atoms with Crippen molar-refractivity contribution in [3.8, 4) is 0 Å². The Morgan fingerprint density at radius 1 is 1.50 bits per heavy atom. The van der Waals surface area contributed by atoms with E-state index in [4.69, 9.17) is 5.73 Å². The zero-order valence-corrected chi connectivity index (χ0v) is 8.66. The number of ether oxygens (including phenoxy) is 1. The maximum atomic E-state index is 11.6. The molecule has 14 heavy (non-hydrogen) atoms. The molecule has 0 bridgehead atoms. The second kappa shape index (κ2) is 6.36. The van der Waals surface area contributed by atoms with Gasteiger partial charge in [0, 0.05) is 28.3 Å². The summed E-state index contributed by atoms with van der Waals surface area (Å²) >= 11 is 0. The van der Waals surface area contributed by atoms with Crippen molar-refractivity contribution in [3.05, 3.63) is 0 Å². The molecule has 0 saturated heterocycles. The molecule has 2 atom stereocenters. The lowest BCUT2D eigenvalue weighted by Crippen LogP contribution is -2.26. The van der Waals surface area contributed by atoms with E-state index in [9.17, 15) is 17.4 Å². The summed E-state index contributed by atoms with van der Waals surface area (Å²) in [7, 11) is -1.21. The molecule has 0 aromatic heterocycles. The molecule has 7 heteroatoms. The van der Waals surface area contributed by atoms with Crippen molar-refractivity contribution in [1.82, 2.24) is 0 Å². The van der Waals surface area contributed by atoms with Crippen molar-refractivity contribution in [2.24, 2.45) is 5.73 Å². The Morgan fingerprint density at radius 3 is 2.50 bits per heavy atom. The summed E-state index contributed by atoms with van der Waals surface area (Å²) < 4.78 is 50.2. The van der Waals surface area contributed by atoms with Crippen molar-refractivity contribution in [2.75, 3.05) is 25.5 Å². The summed E-state index contributed by atoms with van der Waals surface area (Å²) in [5.41, 5.74) is 5.23. The molecule has 0 spiro atoms. The van der Waals surface area contributed by atoms with Crippen LogP contribution in [0.2, 0.25) is 0 Å². The predicted molar refractivity (Wildman–Crippen MR) is 48.4 cm³/mol. The first-order valence-corrected chi connectivity index (χ1v) is 5.46. The standard InChI is InChI=1S/C7H14F3NO2S/c1-6(4-11)14(12)3-2-13-5-7(8,9)10/h6H,2-5,11H2,1H3. The second-order valence-corrected chi connectivity index (χ2v) is 4.77. The Kier molecular flexibility index (Phi) is 6.30. The van der Waals surface area contributed by atoms with Crippen molar-refractivity contribution in [2.45, 2.75) is 18.3 Å². The fourth-order valence-corrected chi connectivity index (χ4v) is 1.54. The highest BCUT2D eigenvalue weighted by Gasteiger charge is 2.27. The molecule has 0 aliphatic carbocycles. The maximum absolute atomic E-state index is 11.6. The minimum absolute atomic E-state index is 0.0917. The van der Waals surface area contributed by atoms with Crippen molar-refractivity contribution < 1.29 is 22.1 Å². The maximum Gasteiger partial charge on any atom is 0.411 e. The lowest BCUT2D eigenvalue weighted by Gasteiger charge is -2.10. The van der Waals surface area contributed by atoms with Crippen LogP contribution in [0.25, 0.3) is 0 Å². The monoisotopic (exact) mass is 233 g/mol. The largest absolute Gasteiger partial charge is 0.411 e. The van der Waals surface area contributed by atoms with E-state index < -0.39 is 23.6 Å². The molecule has 86 valence electrons. The molecule has 0 aromatic carbocycles. The quantitative estimate of drug-likeness (QED) is 0.686. The average molecular weight is 233 g/mol. The summed E-state index contributed by atoms with van der Waals surface area (Å²) in [6.07, 6.45) is -4.32. The van der Waals surface area contributed by atoms with Gasteiger partial charge >= 0.3 is 6.18 Å². The van der Waals surface area contributed by atoms with Crippen LogP contribution in [0, 0.1) is 0 Å². The molecule has 0 rings (SSSR count). The lowest BCUT2D eigenvalue weighted by molar-refractivity contribution is -0.172. The van der Waals surface area contributed by atoms with Crippen LogP contribution >= 0.6 is 0 Å². The van der Waals surface area contributed by atoms with Gasteiger partial charge in [-0.3, -0.25) is 4.21 Å². The Morgan fingerprint density at radius 2 is 2.07 bits per heavy atom. The summed E-state index contributed by atoms with van der Waals surface area (Å²) in [6, 6.07) is 0. The van der Waals surface area contributed by atoms with Crippen LogP contribution in [0.15, 0.2) is 0 Å². The highest BCUT2D eigenvalue weighted by Crippen LogP contribution is 2.14. The Bertz CT molecular complexity index is 186. The van der Waals surface area contributed by atoms with E-state index in [1.54, 1.807) is 6.92 Å². The van der Waals surface area contributed by atoms with Crippen LogP contribution in [0.5, 0.6) is 0 Å². The average Bonchev–Trinajstić information content (AvgIpc) is 2.09. The summed E-state index contributed by atoms with van der Waals surface area (Å²) in [4.78, 5) is 0. The van der Waals surface area contributed by atoms with Gasteiger partial charge in [0.25, 0.3) is 0 Å². The zero-order chi connectivity index (χ0) is 11.2. The number of hydrogen-bond donors (Lipinski definition) is 1. The molecule has 0 aliphatic rings. The number of alkyl halides is 3. The smallest absolute Gasteiger partial charge is 0.371 e. The van der Waals surface area contributed by atoms with E-state index in [0.717, 1.165) is 0 Å². The summed E-state index contributed by atoms with van der Waals surface area (Å²) in [5.74, 6) is 0.0917. The molecular weight excluding hydrogens is 219 g/mol. The van der Waals surface area contributed by atoms with E-state index in [1.165, 1.54) is 0 Å². The molecule has 0 amide bonds. The van der Waals surface area contributed by atoms with Gasteiger partial charge in [-0.05, 0) is 6.92 Å². The first-order chi connectivity index (χ1) is 6.37. The lowest BCUT2D eigenvalue weighted by atomic mass is 10.5. The molecule has 0 radical (unpaired) electrons. The Labute approximate surface area is 83.3 Å². The number of hydrogen-bond acceptors (Lipinski definition) is 3. The van der Waals surface area contributed by atoms with Gasteiger partial charge in [-0.1, -0.05) is 0 Å². The highest BCUT2D eigenvalue weighted by atomic mass is 32.2. The third-order valence-electron chi connectivity index (χ3n) is 1.48.